The molecule has 0 atom stereocenters. The highest BCUT2D eigenvalue weighted by atomic mass is 15.1. The Bertz CT molecular complexity index is 73.2. The Morgan fingerprint density at radius 3 is 1.38 bits per heavy atom. The van der Waals surface area contributed by atoms with Crippen molar-refractivity contribution in [3.8, 4) is 0 Å². The largest absolute Gasteiger partial charge is 0.301 e. The van der Waals surface area contributed by atoms with E-state index in [2.05, 4.69) is 18.7 Å². The van der Waals surface area contributed by atoms with Gasteiger partial charge in [0.1, 0.15) is 0 Å². The lowest BCUT2D eigenvalue weighted by Crippen LogP contribution is -2.39. The van der Waals surface area contributed by atoms with Gasteiger partial charge in [0.25, 0.3) is 0 Å². The van der Waals surface area contributed by atoms with Crippen LogP contribution in [0.25, 0.3) is 0 Å². The summed E-state index contributed by atoms with van der Waals surface area (Å²) < 4.78 is 0. The van der Waals surface area contributed by atoms with Gasteiger partial charge in [-0.3, -0.25) is 0 Å². The van der Waals surface area contributed by atoms with Gasteiger partial charge < -0.3 is 4.90 Å². The Morgan fingerprint density at radius 2 is 1.31 bits per heavy atom. The van der Waals surface area contributed by atoms with Crippen LogP contribution in [0, 0.1) is 0 Å². The summed E-state index contributed by atoms with van der Waals surface area (Å²) in [5.41, 5.74) is 0. The summed E-state index contributed by atoms with van der Waals surface area (Å²) in [6.45, 7) is 15.0. The minimum atomic E-state index is 0.944. The first-order valence-electron chi connectivity index (χ1n) is 6.12. The maximum Gasteiger partial charge on any atom is 0.00950 e. The molecule has 0 N–H and O–H groups in total. The Labute approximate surface area is 85.5 Å². The summed E-state index contributed by atoms with van der Waals surface area (Å²) in [4.78, 5) is 2.56. The Morgan fingerprint density at radius 1 is 0.923 bits per heavy atom. The predicted octanol–water partition coefficient (Wildman–Crippen LogP) is 3.93. The average molecular weight is 187 g/mol. The van der Waals surface area contributed by atoms with Crippen molar-refractivity contribution in [3.05, 3.63) is 0 Å². The quantitative estimate of drug-likeness (QED) is 0.647. The molecule has 13 heavy (non-hydrogen) atoms. The van der Waals surface area contributed by atoms with Gasteiger partial charge in [0, 0.05) is 6.04 Å². The SMILES string of the molecule is CC.CC.CCN(CC)C1CCC1. The first-order chi connectivity index (χ1) is 6.38. The van der Waals surface area contributed by atoms with E-state index in [1.807, 2.05) is 27.7 Å². The van der Waals surface area contributed by atoms with Crippen LogP contribution in [0.5, 0.6) is 0 Å². The molecule has 0 aromatic heterocycles. The molecule has 1 aliphatic rings. The van der Waals surface area contributed by atoms with Gasteiger partial charge in [0.2, 0.25) is 0 Å². The highest BCUT2D eigenvalue weighted by molar-refractivity contribution is 4.78. The summed E-state index contributed by atoms with van der Waals surface area (Å²) in [5.74, 6) is 0. The van der Waals surface area contributed by atoms with Crippen LogP contribution < -0.4 is 0 Å². The molecule has 1 nitrogen and oxygen atoms in total. The van der Waals surface area contributed by atoms with Gasteiger partial charge in [-0.05, 0) is 25.9 Å². The van der Waals surface area contributed by atoms with E-state index in [9.17, 15) is 0 Å². The molecule has 0 spiro atoms. The van der Waals surface area contributed by atoms with E-state index in [1.165, 1.54) is 32.4 Å². The van der Waals surface area contributed by atoms with Gasteiger partial charge in [0.15, 0.2) is 0 Å². The molecule has 0 radical (unpaired) electrons. The Kier molecular flexibility index (Phi) is 14.2. The normalized spacial score (nSPS) is 15.0. The number of rotatable bonds is 3. The van der Waals surface area contributed by atoms with Crippen LogP contribution >= 0.6 is 0 Å². The fourth-order valence-electron chi connectivity index (χ4n) is 1.49. The minimum Gasteiger partial charge on any atom is -0.301 e. The Balaban J connectivity index is 0. The lowest BCUT2D eigenvalue weighted by Gasteiger charge is -2.35. The first-order valence-corrected chi connectivity index (χ1v) is 6.12. The molecule has 1 rings (SSSR count). The van der Waals surface area contributed by atoms with Crippen LogP contribution in [-0.2, 0) is 0 Å². The molecule has 0 aliphatic heterocycles. The summed E-state index contributed by atoms with van der Waals surface area (Å²) in [6.07, 6.45) is 4.35. The van der Waals surface area contributed by atoms with Crippen LogP contribution in [0.4, 0.5) is 0 Å². The highest BCUT2D eigenvalue weighted by Gasteiger charge is 2.21. The van der Waals surface area contributed by atoms with Gasteiger partial charge in [-0.1, -0.05) is 48.0 Å². The molecule has 0 aromatic carbocycles. The van der Waals surface area contributed by atoms with Gasteiger partial charge in [-0.25, -0.2) is 0 Å². The lowest BCUT2D eigenvalue weighted by molar-refractivity contribution is 0.141. The smallest absolute Gasteiger partial charge is 0.00950 e. The van der Waals surface area contributed by atoms with Crippen LogP contribution in [-0.4, -0.2) is 24.0 Å². The molecule has 0 bridgehead atoms. The highest BCUT2D eigenvalue weighted by Crippen LogP contribution is 2.23. The van der Waals surface area contributed by atoms with Crippen LogP contribution in [0.2, 0.25) is 0 Å². The molecule has 0 amide bonds. The van der Waals surface area contributed by atoms with E-state index in [4.69, 9.17) is 0 Å². The van der Waals surface area contributed by atoms with Crippen LogP contribution in [0.3, 0.4) is 0 Å². The molecule has 0 heterocycles. The molecule has 0 aromatic rings. The second kappa shape index (κ2) is 12.0. The van der Waals surface area contributed by atoms with Crippen molar-refractivity contribution in [2.45, 2.75) is 66.8 Å². The first kappa shape index (κ1) is 15.4. The van der Waals surface area contributed by atoms with Crippen molar-refractivity contribution >= 4 is 0 Å². The monoisotopic (exact) mass is 187 g/mol. The summed E-state index contributed by atoms with van der Waals surface area (Å²) in [6, 6.07) is 0.944. The topological polar surface area (TPSA) is 3.24 Å². The molecule has 0 unspecified atom stereocenters. The molecule has 1 aliphatic carbocycles. The maximum atomic E-state index is 2.56. The van der Waals surface area contributed by atoms with Gasteiger partial charge >= 0.3 is 0 Å². The van der Waals surface area contributed by atoms with Gasteiger partial charge in [-0.2, -0.15) is 0 Å². The molecular formula is C12H29N. The summed E-state index contributed by atoms with van der Waals surface area (Å²) >= 11 is 0. The molecular weight excluding hydrogens is 158 g/mol. The van der Waals surface area contributed by atoms with Crippen molar-refractivity contribution < 1.29 is 0 Å². The van der Waals surface area contributed by atoms with Crippen LogP contribution in [0.15, 0.2) is 0 Å². The third kappa shape index (κ3) is 6.09. The van der Waals surface area contributed by atoms with Crippen molar-refractivity contribution in [1.82, 2.24) is 4.90 Å². The van der Waals surface area contributed by atoms with E-state index < -0.39 is 0 Å². The maximum absolute atomic E-state index is 2.56. The fraction of sp³-hybridized carbons (Fsp3) is 1.00. The molecule has 82 valence electrons. The van der Waals surface area contributed by atoms with Crippen molar-refractivity contribution in [3.63, 3.8) is 0 Å². The summed E-state index contributed by atoms with van der Waals surface area (Å²) in [7, 11) is 0. The number of nitrogens with zero attached hydrogens (tertiary/aromatic N) is 1. The molecule has 1 fully saturated rings. The Hall–Kier alpha value is -0.0400. The zero-order chi connectivity index (χ0) is 10.7. The van der Waals surface area contributed by atoms with Gasteiger partial charge in [0.05, 0.1) is 0 Å². The van der Waals surface area contributed by atoms with E-state index in [0.717, 1.165) is 6.04 Å². The molecule has 0 saturated heterocycles. The predicted molar refractivity (Wildman–Crippen MR) is 63.3 cm³/mol. The second-order valence-electron chi connectivity index (χ2n) is 2.81. The molecule has 1 heteroatoms. The van der Waals surface area contributed by atoms with Crippen molar-refractivity contribution in [1.29, 1.82) is 0 Å². The minimum absolute atomic E-state index is 0.944. The molecule has 1 saturated carbocycles. The lowest BCUT2D eigenvalue weighted by atomic mass is 9.91. The number of hydrogen-bond donors (Lipinski definition) is 0. The average Bonchev–Trinajstić information content (AvgIpc) is 2.17. The van der Waals surface area contributed by atoms with E-state index in [1.54, 1.807) is 0 Å². The zero-order valence-corrected chi connectivity index (χ0v) is 10.6. The third-order valence-corrected chi connectivity index (χ3v) is 2.40. The van der Waals surface area contributed by atoms with Crippen LogP contribution in [0.1, 0.15) is 60.8 Å². The van der Waals surface area contributed by atoms with E-state index >= 15 is 0 Å². The van der Waals surface area contributed by atoms with E-state index in [-0.39, 0.29) is 0 Å². The van der Waals surface area contributed by atoms with Crippen molar-refractivity contribution in [2.24, 2.45) is 0 Å². The van der Waals surface area contributed by atoms with E-state index in [0.29, 0.717) is 0 Å². The fourth-order valence-corrected chi connectivity index (χ4v) is 1.49. The second-order valence-corrected chi connectivity index (χ2v) is 2.81. The number of hydrogen-bond acceptors (Lipinski definition) is 1. The van der Waals surface area contributed by atoms with Crippen molar-refractivity contribution in [2.75, 3.05) is 13.1 Å². The summed E-state index contributed by atoms with van der Waals surface area (Å²) in [5, 5.41) is 0. The zero-order valence-electron chi connectivity index (χ0n) is 10.6. The van der Waals surface area contributed by atoms with Gasteiger partial charge in [-0.15, -0.1) is 0 Å². The third-order valence-electron chi connectivity index (χ3n) is 2.40. The standard InChI is InChI=1S/C8H17N.2C2H6/c1-3-9(4-2)8-6-5-7-8;2*1-2/h8H,3-7H2,1-2H3;2*1-2H3.